The number of ether oxygens (including phenoxy) is 1. The first-order valence-electron chi connectivity index (χ1n) is 10.6. The Hall–Kier alpha value is -4.34. The number of amides is 1. The third-order valence-electron chi connectivity index (χ3n) is 5.20. The molecule has 2 aromatic heterocycles. The number of hydrogen-bond acceptors (Lipinski definition) is 7. The van der Waals surface area contributed by atoms with Crippen molar-refractivity contribution in [3.8, 4) is 17.1 Å². The van der Waals surface area contributed by atoms with E-state index in [2.05, 4.69) is 25.9 Å². The van der Waals surface area contributed by atoms with E-state index in [9.17, 15) is 9.59 Å². The lowest BCUT2D eigenvalue weighted by atomic mass is 10.2. The van der Waals surface area contributed by atoms with Crippen molar-refractivity contribution in [1.82, 2.24) is 30.0 Å². The van der Waals surface area contributed by atoms with Gasteiger partial charge in [0.15, 0.2) is 5.82 Å². The standard InChI is InChI=1S/C23H21N7O3/c31-21-13-12-20(26-29(21)14-15-33-19-4-2-1-3-5-19)23(32)24-17-8-6-16(7-9-17)22-25-27-28-30(22)18-10-11-18/h1-9,12-13,18H,10-11,14-15H2,(H,24,32). The second kappa shape index (κ2) is 9.03. The molecule has 4 aromatic rings. The van der Waals surface area contributed by atoms with Crippen LogP contribution in [0.4, 0.5) is 5.69 Å². The van der Waals surface area contributed by atoms with E-state index >= 15 is 0 Å². The van der Waals surface area contributed by atoms with Gasteiger partial charge in [-0.05, 0) is 65.7 Å². The number of aromatic nitrogens is 6. The second-order valence-corrected chi connectivity index (χ2v) is 7.65. The lowest BCUT2D eigenvalue weighted by Crippen LogP contribution is -2.28. The van der Waals surface area contributed by atoms with Crippen LogP contribution in [-0.2, 0) is 6.54 Å². The molecule has 10 nitrogen and oxygen atoms in total. The third-order valence-corrected chi connectivity index (χ3v) is 5.20. The van der Waals surface area contributed by atoms with Crippen molar-refractivity contribution in [2.24, 2.45) is 0 Å². The smallest absolute Gasteiger partial charge is 0.276 e. The lowest BCUT2D eigenvalue weighted by Gasteiger charge is -2.09. The first-order chi connectivity index (χ1) is 16.2. The number of carbonyl (C=O) groups excluding carboxylic acids is 1. The van der Waals surface area contributed by atoms with Crippen molar-refractivity contribution in [3.63, 3.8) is 0 Å². The molecule has 33 heavy (non-hydrogen) atoms. The number of nitrogens with zero attached hydrogens (tertiary/aromatic N) is 6. The molecule has 0 saturated heterocycles. The maximum Gasteiger partial charge on any atom is 0.276 e. The average molecular weight is 443 g/mol. The SMILES string of the molecule is O=C(Nc1ccc(-c2nnnn2C2CC2)cc1)c1ccc(=O)n(CCOc2ccccc2)n1. The van der Waals surface area contributed by atoms with E-state index in [1.807, 2.05) is 47.1 Å². The van der Waals surface area contributed by atoms with Crippen LogP contribution in [-0.4, -0.2) is 42.5 Å². The van der Waals surface area contributed by atoms with E-state index in [4.69, 9.17) is 4.74 Å². The van der Waals surface area contributed by atoms with E-state index in [0.717, 1.165) is 18.4 Å². The summed E-state index contributed by atoms with van der Waals surface area (Å²) in [5, 5.41) is 18.9. The summed E-state index contributed by atoms with van der Waals surface area (Å²) in [4.78, 5) is 24.8. The minimum atomic E-state index is -0.414. The largest absolute Gasteiger partial charge is 0.492 e. The van der Waals surface area contributed by atoms with Crippen LogP contribution in [0.5, 0.6) is 5.75 Å². The van der Waals surface area contributed by atoms with Gasteiger partial charge in [0.05, 0.1) is 12.6 Å². The minimum absolute atomic E-state index is 0.135. The van der Waals surface area contributed by atoms with Gasteiger partial charge in [0.2, 0.25) is 0 Å². The van der Waals surface area contributed by atoms with Gasteiger partial charge in [0, 0.05) is 17.3 Å². The van der Waals surface area contributed by atoms with Gasteiger partial charge in [-0.1, -0.05) is 18.2 Å². The summed E-state index contributed by atoms with van der Waals surface area (Å²) in [5.74, 6) is 0.999. The van der Waals surface area contributed by atoms with Crippen LogP contribution in [0.3, 0.4) is 0 Å². The molecule has 0 radical (unpaired) electrons. The lowest BCUT2D eigenvalue weighted by molar-refractivity contribution is 0.101. The number of carbonyl (C=O) groups is 1. The molecule has 166 valence electrons. The van der Waals surface area contributed by atoms with Crippen LogP contribution in [0, 0.1) is 0 Å². The van der Waals surface area contributed by atoms with Gasteiger partial charge >= 0.3 is 0 Å². The number of tetrazole rings is 1. The maximum absolute atomic E-state index is 12.7. The Bertz CT molecular complexity index is 1310. The number of anilines is 1. The third kappa shape index (κ3) is 4.79. The molecule has 0 aliphatic heterocycles. The Labute approximate surface area is 188 Å². The fourth-order valence-electron chi connectivity index (χ4n) is 3.34. The summed E-state index contributed by atoms with van der Waals surface area (Å²) in [6, 6.07) is 19.7. The summed E-state index contributed by atoms with van der Waals surface area (Å²) >= 11 is 0. The first-order valence-corrected chi connectivity index (χ1v) is 10.6. The molecular weight excluding hydrogens is 422 g/mol. The van der Waals surface area contributed by atoms with Crippen LogP contribution >= 0.6 is 0 Å². The molecular formula is C23H21N7O3. The molecule has 5 rings (SSSR count). The summed E-state index contributed by atoms with van der Waals surface area (Å²) in [7, 11) is 0. The molecule has 1 aliphatic carbocycles. The van der Waals surface area contributed by atoms with Crippen molar-refractivity contribution >= 4 is 11.6 Å². The highest BCUT2D eigenvalue weighted by Gasteiger charge is 2.28. The Kier molecular flexibility index (Phi) is 5.62. The molecule has 0 unspecified atom stereocenters. The zero-order valence-corrected chi connectivity index (χ0v) is 17.7. The Morgan fingerprint density at radius 1 is 1.03 bits per heavy atom. The summed E-state index contributed by atoms with van der Waals surface area (Å²) in [6.45, 7) is 0.475. The molecule has 10 heteroatoms. The van der Waals surface area contributed by atoms with Gasteiger partial charge < -0.3 is 10.1 Å². The van der Waals surface area contributed by atoms with Crippen LogP contribution in [0.25, 0.3) is 11.4 Å². The van der Waals surface area contributed by atoms with Gasteiger partial charge in [-0.2, -0.15) is 5.10 Å². The molecule has 1 fully saturated rings. The monoisotopic (exact) mass is 443 g/mol. The molecule has 0 atom stereocenters. The second-order valence-electron chi connectivity index (χ2n) is 7.65. The van der Waals surface area contributed by atoms with E-state index in [1.54, 1.807) is 12.1 Å². The zero-order chi connectivity index (χ0) is 22.6. The molecule has 1 N–H and O–H groups in total. The Balaban J connectivity index is 1.23. The normalized spacial score (nSPS) is 13.0. The van der Waals surface area contributed by atoms with Gasteiger partial charge in [0.1, 0.15) is 18.1 Å². The van der Waals surface area contributed by atoms with Crippen molar-refractivity contribution < 1.29 is 9.53 Å². The molecule has 2 aromatic carbocycles. The zero-order valence-electron chi connectivity index (χ0n) is 17.7. The highest BCUT2D eigenvalue weighted by Crippen LogP contribution is 2.36. The van der Waals surface area contributed by atoms with Crippen LogP contribution < -0.4 is 15.6 Å². The maximum atomic E-state index is 12.7. The molecule has 0 spiro atoms. The Morgan fingerprint density at radius 3 is 2.58 bits per heavy atom. The molecule has 1 saturated carbocycles. The first kappa shape index (κ1) is 20.6. The molecule has 2 heterocycles. The fourth-order valence-corrected chi connectivity index (χ4v) is 3.34. The van der Waals surface area contributed by atoms with Crippen molar-refractivity contribution in [2.75, 3.05) is 11.9 Å². The highest BCUT2D eigenvalue weighted by molar-refractivity contribution is 6.02. The molecule has 1 aliphatic rings. The predicted molar refractivity (Wildman–Crippen MR) is 120 cm³/mol. The van der Waals surface area contributed by atoms with Crippen LogP contribution in [0.15, 0.2) is 71.5 Å². The number of nitrogens with one attached hydrogen (secondary N) is 1. The number of benzene rings is 2. The van der Waals surface area contributed by atoms with Crippen LogP contribution in [0.1, 0.15) is 29.4 Å². The fraction of sp³-hybridized carbons (Fsp3) is 0.217. The Morgan fingerprint density at radius 2 is 1.82 bits per heavy atom. The summed E-state index contributed by atoms with van der Waals surface area (Å²) in [6.07, 6.45) is 2.17. The van der Waals surface area contributed by atoms with Gasteiger partial charge in [-0.3, -0.25) is 9.59 Å². The van der Waals surface area contributed by atoms with Gasteiger partial charge in [-0.25, -0.2) is 9.36 Å². The van der Waals surface area contributed by atoms with E-state index in [-0.39, 0.29) is 24.4 Å². The number of hydrogen-bond donors (Lipinski definition) is 1. The average Bonchev–Trinajstić information content (AvgIpc) is 3.57. The number of rotatable bonds is 8. The highest BCUT2D eigenvalue weighted by atomic mass is 16.5. The van der Waals surface area contributed by atoms with Crippen molar-refractivity contribution in [3.05, 3.63) is 82.8 Å². The summed E-state index contributed by atoms with van der Waals surface area (Å²) < 4.78 is 8.67. The van der Waals surface area contributed by atoms with E-state index in [1.165, 1.54) is 16.8 Å². The van der Waals surface area contributed by atoms with E-state index in [0.29, 0.717) is 23.3 Å². The predicted octanol–water partition coefficient (Wildman–Crippen LogP) is 2.56. The minimum Gasteiger partial charge on any atom is -0.492 e. The topological polar surface area (TPSA) is 117 Å². The summed E-state index contributed by atoms with van der Waals surface area (Å²) in [5.41, 5.74) is 1.30. The van der Waals surface area contributed by atoms with Gasteiger partial charge in [-0.15, -0.1) is 5.10 Å². The molecule has 0 bridgehead atoms. The quantitative estimate of drug-likeness (QED) is 0.445. The van der Waals surface area contributed by atoms with Gasteiger partial charge in [0.25, 0.3) is 11.5 Å². The molecule has 1 amide bonds. The van der Waals surface area contributed by atoms with E-state index < -0.39 is 5.91 Å². The van der Waals surface area contributed by atoms with Crippen molar-refractivity contribution in [1.29, 1.82) is 0 Å². The van der Waals surface area contributed by atoms with Crippen molar-refractivity contribution in [2.45, 2.75) is 25.4 Å². The van der Waals surface area contributed by atoms with Crippen LogP contribution in [0.2, 0.25) is 0 Å². The number of para-hydroxylation sites is 1.